The van der Waals surface area contributed by atoms with E-state index in [0.717, 1.165) is 65.3 Å². The van der Waals surface area contributed by atoms with Crippen molar-refractivity contribution in [2.24, 2.45) is 49.7 Å². The van der Waals surface area contributed by atoms with Crippen LogP contribution < -0.4 is 0 Å². The molecular weight excluding hydrogens is 965 g/mol. The van der Waals surface area contributed by atoms with Crippen molar-refractivity contribution in [2.45, 2.75) is 308 Å². The van der Waals surface area contributed by atoms with E-state index in [4.69, 9.17) is 37.9 Å². The number of esters is 2. The number of hydrogen-bond donors (Lipinski definition) is 0. The standard InChI is InChI=1S/C17H36O2.C15H28O4.C15H32O2.C11H24O2.C9H20/c1-7-16(8-2,9-3)13-18-15-19-14-17(10-4,11-5)12-6;1-7-14(5,8-2)12(16)18-11-19-13(17)15(6,9-3)10-4;1-7-14(5,8-2)11-16-13-17-12-15(6,9-3)10-4;1-5-10(3)7-12-9-13-8-11(4)6-2;1-5-9(6-2,7-3)8-4/h7-15H2,1-6H3;7-11H2,1-6H3;7-13H2,1-6H3;10-11H,5-9H2,1-4H3;5-8H2,1-4H3. The summed E-state index contributed by atoms with van der Waals surface area (Å²) >= 11 is 0. The summed E-state index contributed by atoms with van der Waals surface area (Å²) in [6, 6.07) is 0. The molecule has 0 bridgehead atoms. The first-order valence-electron chi connectivity index (χ1n) is 32.1. The van der Waals surface area contributed by atoms with E-state index >= 15 is 0 Å². The zero-order valence-electron chi connectivity index (χ0n) is 57.0. The molecule has 0 fully saturated rings. The minimum atomic E-state index is -0.495. The lowest BCUT2D eigenvalue weighted by Crippen LogP contribution is -2.32. The number of carbonyl (C=O) groups excluding carboxylic acids is 2. The molecule has 468 valence electrons. The maximum atomic E-state index is 11.9. The van der Waals surface area contributed by atoms with Gasteiger partial charge in [0.15, 0.2) is 0 Å². The van der Waals surface area contributed by atoms with Crippen molar-refractivity contribution in [2.75, 3.05) is 66.8 Å². The lowest BCUT2D eigenvalue weighted by Gasteiger charge is -2.32. The summed E-state index contributed by atoms with van der Waals surface area (Å²) in [6.07, 6.45) is 22.3. The third kappa shape index (κ3) is 37.4. The van der Waals surface area contributed by atoms with Crippen molar-refractivity contribution in [3.8, 4) is 0 Å². The zero-order chi connectivity index (χ0) is 60.7. The second-order valence-corrected chi connectivity index (χ2v) is 24.1. The fourth-order valence-electron chi connectivity index (χ4n) is 8.09. The first kappa shape index (κ1) is 84.5. The average Bonchev–Trinajstić information content (AvgIpc) is 3.47. The largest absolute Gasteiger partial charge is 0.427 e. The summed E-state index contributed by atoms with van der Waals surface area (Å²) in [7, 11) is 0. The Morgan fingerprint density at radius 3 is 0.727 bits per heavy atom. The molecule has 77 heavy (non-hydrogen) atoms. The van der Waals surface area contributed by atoms with Gasteiger partial charge in [-0.2, -0.15) is 0 Å². The van der Waals surface area contributed by atoms with Crippen LogP contribution in [-0.4, -0.2) is 78.8 Å². The van der Waals surface area contributed by atoms with Gasteiger partial charge in [-0.05, 0) is 143 Å². The van der Waals surface area contributed by atoms with E-state index in [2.05, 4.69) is 138 Å². The zero-order valence-corrected chi connectivity index (χ0v) is 57.0. The molecule has 0 rings (SSSR count). The highest BCUT2D eigenvalue weighted by molar-refractivity contribution is 5.77. The Labute approximate surface area is 482 Å². The summed E-state index contributed by atoms with van der Waals surface area (Å²) in [5.41, 5.74) is 0.988. The molecule has 0 N–H and O–H groups in total. The van der Waals surface area contributed by atoms with Gasteiger partial charge in [0.2, 0.25) is 6.79 Å². The van der Waals surface area contributed by atoms with Gasteiger partial charge in [0, 0.05) is 0 Å². The highest BCUT2D eigenvalue weighted by Crippen LogP contribution is 2.35. The lowest BCUT2D eigenvalue weighted by atomic mass is 9.78. The Morgan fingerprint density at radius 2 is 0.532 bits per heavy atom. The highest BCUT2D eigenvalue weighted by Gasteiger charge is 2.34. The maximum Gasteiger partial charge on any atom is 0.314 e. The summed E-state index contributed by atoms with van der Waals surface area (Å²) in [6.45, 7) is 62.4. The first-order chi connectivity index (χ1) is 36.3. The fraction of sp³-hybridized carbons (Fsp3) is 0.970. The third-order valence-electron chi connectivity index (χ3n) is 19.8. The molecule has 0 spiro atoms. The molecule has 0 heterocycles. The molecule has 0 aliphatic rings. The van der Waals surface area contributed by atoms with E-state index in [-0.39, 0.29) is 18.7 Å². The van der Waals surface area contributed by atoms with Crippen molar-refractivity contribution in [3.05, 3.63) is 0 Å². The monoisotopic (exact) mass is 1110 g/mol. The van der Waals surface area contributed by atoms with E-state index in [9.17, 15) is 9.59 Å². The Balaban J connectivity index is -0.000000286. The van der Waals surface area contributed by atoms with Crippen LogP contribution in [0.15, 0.2) is 0 Å². The van der Waals surface area contributed by atoms with Crippen LogP contribution in [0.5, 0.6) is 0 Å². The van der Waals surface area contributed by atoms with Gasteiger partial charge in [0.05, 0.1) is 50.5 Å². The number of carbonyl (C=O) groups is 2. The molecule has 0 aromatic rings. The molecule has 0 amide bonds. The van der Waals surface area contributed by atoms with E-state index in [1.807, 2.05) is 41.5 Å². The predicted octanol–water partition coefficient (Wildman–Crippen LogP) is 20.4. The van der Waals surface area contributed by atoms with Crippen LogP contribution in [-0.2, 0) is 47.5 Å². The van der Waals surface area contributed by atoms with E-state index in [1.54, 1.807) is 0 Å². The molecule has 0 aromatic heterocycles. The summed E-state index contributed by atoms with van der Waals surface area (Å²) in [4.78, 5) is 23.8. The van der Waals surface area contributed by atoms with Gasteiger partial charge in [-0.1, -0.05) is 205 Å². The normalized spacial score (nSPS) is 13.1. The lowest BCUT2D eigenvalue weighted by molar-refractivity contribution is -0.180. The van der Waals surface area contributed by atoms with Gasteiger partial charge in [-0.15, -0.1) is 0 Å². The average molecular weight is 1110 g/mol. The summed E-state index contributed by atoms with van der Waals surface area (Å²) in [5.74, 6) is 0.680. The third-order valence-corrected chi connectivity index (χ3v) is 19.8. The van der Waals surface area contributed by atoms with E-state index in [1.165, 1.54) is 77.0 Å². The van der Waals surface area contributed by atoms with Crippen molar-refractivity contribution in [3.63, 3.8) is 0 Å². The van der Waals surface area contributed by atoms with Gasteiger partial charge in [-0.25, -0.2) is 0 Å². The van der Waals surface area contributed by atoms with Crippen LogP contribution in [0.1, 0.15) is 308 Å². The molecule has 0 aliphatic heterocycles. The molecule has 0 saturated heterocycles. The predicted molar refractivity (Wildman–Crippen MR) is 331 cm³/mol. The SMILES string of the molecule is CCC(C)(CC)C(=O)OCOC(=O)C(C)(CC)CC.CCC(C)(CC)COCOCC(C)(CC)CC.CCC(C)COCOCC(C)CC.CCC(CC)(CC)CC.CCC(CC)(CC)COCOCC(CC)(CC)CC. The minimum Gasteiger partial charge on any atom is -0.427 e. The Hall–Kier alpha value is -1.30. The van der Waals surface area contributed by atoms with Crippen molar-refractivity contribution in [1.82, 2.24) is 0 Å². The molecule has 2 atom stereocenters. The Kier molecular flexibility index (Phi) is 54.1. The van der Waals surface area contributed by atoms with Crippen LogP contribution in [0, 0.1) is 49.7 Å². The highest BCUT2D eigenvalue weighted by atomic mass is 16.7. The van der Waals surface area contributed by atoms with Crippen LogP contribution >= 0.6 is 0 Å². The molecule has 2 unspecified atom stereocenters. The molecule has 0 aromatic carbocycles. The molecule has 10 nitrogen and oxygen atoms in total. The molecule has 0 aliphatic carbocycles. The first-order valence-corrected chi connectivity index (χ1v) is 32.1. The Morgan fingerprint density at radius 1 is 0.299 bits per heavy atom. The molecular formula is C67H140O10. The van der Waals surface area contributed by atoms with E-state index in [0.29, 0.717) is 85.0 Å². The van der Waals surface area contributed by atoms with Crippen LogP contribution in [0.4, 0.5) is 0 Å². The minimum absolute atomic E-state index is 0.289. The van der Waals surface area contributed by atoms with E-state index < -0.39 is 10.8 Å². The number of ether oxygens (including phenoxy) is 8. The topological polar surface area (TPSA) is 108 Å². The molecule has 10 heteroatoms. The summed E-state index contributed by atoms with van der Waals surface area (Å²) < 4.78 is 43.7. The number of rotatable bonds is 42. The van der Waals surface area contributed by atoms with Gasteiger partial charge < -0.3 is 37.9 Å². The Bertz CT molecular complexity index is 1170. The van der Waals surface area contributed by atoms with Crippen LogP contribution in [0.2, 0.25) is 0 Å². The molecule has 0 radical (unpaired) electrons. The van der Waals surface area contributed by atoms with Gasteiger partial charge >= 0.3 is 11.9 Å². The second-order valence-electron chi connectivity index (χ2n) is 24.1. The number of hydrogen-bond acceptors (Lipinski definition) is 10. The second kappa shape index (κ2) is 49.3. The van der Waals surface area contributed by atoms with Crippen LogP contribution in [0.3, 0.4) is 0 Å². The fourth-order valence-corrected chi connectivity index (χ4v) is 8.09. The van der Waals surface area contributed by atoms with Gasteiger partial charge in [0.1, 0.15) is 20.4 Å². The quantitative estimate of drug-likeness (QED) is 0.0333. The smallest absolute Gasteiger partial charge is 0.314 e. The molecule has 0 saturated carbocycles. The maximum absolute atomic E-state index is 11.9. The van der Waals surface area contributed by atoms with Crippen molar-refractivity contribution in [1.29, 1.82) is 0 Å². The van der Waals surface area contributed by atoms with Crippen molar-refractivity contribution >= 4 is 11.9 Å². The van der Waals surface area contributed by atoms with Crippen LogP contribution in [0.25, 0.3) is 0 Å². The van der Waals surface area contributed by atoms with Gasteiger partial charge in [-0.3, -0.25) is 9.59 Å². The van der Waals surface area contributed by atoms with Gasteiger partial charge in [0.25, 0.3) is 0 Å². The van der Waals surface area contributed by atoms with Crippen molar-refractivity contribution < 1.29 is 47.5 Å². The summed E-state index contributed by atoms with van der Waals surface area (Å²) in [5, 5.41) is 0.